The Balaban J connectivity index is 2.10. The van der Waals surface area contributed by atoms with Gasteiger partial charge in [0.2, 0.25) is 0 Å². The van der Waals surface area contributed by atoms with Gasteiger partial charge in [-0.15, -0.1) is 0 Å². The first-order valence-corrected chi connectivity index (χ1v) is 7.26. The van der Waals surface area contributed by atoms with Gasteiger partial charge in [0.1, 0.15) is 11.6 Å². The third kappa shape index (κ3) is 3.85. The van der Waals surface area contributed by atoms with E-state index in [0.717, 1.165) is 35.7 Å². The maximum absolute atomic E-state index is 8.65. The molecule has 0 unspecified atom stereocenters. The maximum atomic E-state index is 8.65. The van der Waals surface area contributed by atoms with E-state index in [1.807, 2.05) is 20.0 Å². The van der Waals surface area contributed by atoms with Crippen LogP contribution in [-0.2, 0) is 6.54 Å². The second kappa shape index (κ2) is 6.76. The first-order valence-electron chi connectivity index (χ1n) is 7.26. The van der Waals surface area contributed by atoms with Crippen molar-refractivity contribution in [1.82, 2.24) is 9.88 Å². The number of rotatable bonds is 7. The predicted octanol–water partition coefficient (Wildman–Crippen LogP) is 1.81. The summed E-state index contributed by atoms with van der Waals surface area (Å²) in [6.07, 6.45) is 4.83. The molecule has 0 saturated heterocycles. The molecular weight excluding hydrogens is 268 g/mol. The summed E-state index contributed by atoms with van der Waals surface area (Å²) < 4.78 is 5.46. The molecule has 6 heteroatoms. The fourth-order valence-corrected chi connectivity index (χ4v) is 2.56. The average Bonchev–Trinajstić information content (AvgIpc) is 3.30. The average molecular weight is 292 g/mol. The minimum absolute atomic E-state index is 0.270. The fourth-order valence-electron chi connectivity index (χ4n) is 2.56. The highest BCUT2D eigenvalue weighted by Gasteiger charge is 2.29. The molecule has 0 radical (unpaired) electrons. The Morgan fingerprint density at radius 2 is 2.24 bits per heavy atom. The fraction of sp³-hybridized carbons (Fsp3) is 0.600. The highest BCUT2D eigenvalue weighted by Crippen LogP contribution is 2.30. The molecule has 6 nitrogen and oxygen atoms in total. The van der Waals surface area contributed by atoms with Gasteiger partial charge >= 0.3 is 0 Å². The van der Waals surface area contributed by atoms with Gasteiger partial charge in [-0.25, -0.2) is 0 Å². The van der Waals surface area contributed by atoms with Gasteiger partial charge in [0.15, 0.2) is 0 Å². The first kappa shape index (κ1) is 15.6. The molecule has 0 aliphatic heterocycles. The summed E-state index contributed by atoms with van der Waals surface area (Å²) in [5.74, 6) is 1.18. The van der Waals surface area contributed by atoms with Crippen molar-refractivity contribution in [3.05, 3.63) is 23.0 Å². The van der Waals surface area contributed by atoms with Crippen molar-refractivity contribution in [3.63, 3.8) is 0 Å². The zero-order valence-electron chi connectivity index (χ0n) is 13.0. The summed E-state index contributed by atoms with van der Waals surface area (Å²) in [5.41, 5.74) is 8.74. The van der Waals surface area contributed by atoms with Crippen molar-refractivity contribution in [2.75, 3.05) is 13.7 Å². The van der Waals surface area contributed by atoms with Crippen molar-refractivity contribution >= 4 is 5.84 Å². The largest absolute Gasteiger partial charge is 0.496 e. The van der Waals surface area contributed by atoms with Gasteiger partial charge in [0, 0.05) is 42.9 Å². The summed E-state index contributed by atoms with van der Waals surface area (Å²) >= 11 is 0. The number of ether oxygens (including phenoxy) is 1. The lowest BCUT2D eigenvalue weighted by Crippen LogP contribution is -2.30. The van der Waals surface area contributed by atoms with Crippen molar-refractivity contribution in [2.24, 2.45) is 10.9 Å². The number of nitrogens with zero attached hydrogens (tertiary/aromatic N) is 3. The van der Waals surface area contributed by atoms with Crippen LogP contribution < -0.4 is 10.5 Å². The minimum atomic E-state index is 0.270. The zero-order chi connectivity index (χ0) is 15.4. The molecule has 116 valence electrons. The number of aryl methyl sites for hydroxylation is 1. The molecule has 1 aliphatic carbocycles. The Morgan fingerprint density at radius 3 is 2.81 bits per heavy atom. The molecule has 1 fully saturated rings. The highest BCUT2D eigenvalue weighted by molar-refractivity contribution is 5.79. The molecule has 1 saturated carbocycles. The van der Waals surface area contributed by atoms with Crippen LogP contribution in [0.5, 0.6) is 5.75 Å². The summed E-state index contributed by atoms with van der Waals surface area (Å²) in [5, 5.41) is 11.7. The Hall–Kier alpha value is -1.82. The molecule has 0 bridgehead atoms. The summed E-state index contributed by atoms with van der Waals surface area (Å²) in [4.78, 5) is 6.90. The molecule has 0 atom stereocenters. The molecule has 1 aromatic rings. The van der Waals surface area contributed by atoms with Crippen molar-refractivity contribution < 1.29 is 9.94 Å². The molecule has 0 spiro atoms. The lowest BCUT2D eigenvalue weighted by atomic mass is 10.1. The molecule has 2 rings (SSSR count). The van der Waals surface area contributed by atoms with E-state index < -0.39 is 0 Å². The van der Waals surface area contributed by atoms with Crippen molar-refractivity contribution in [3.8, 4) is 5.75 Å². The predicted molar refractivity (Wildman–Crippen MR) is 81.7 cm³/mol. The van der Waals surface area contributed by atoms with Crippen molar-refractivity contribution in [1.29, 1.82) is 0 Å². The zero-order valence-corrected chi connectivity index (χ0v) is 13.0. The Bertz CT molecular complexity index is 527. The summed E-state index contributed by atoms with van der Waals surface area (Å²) in [7, 11) is 1.69. The third-order valence-electron chi connectivity index (χ3n) is 3.95. The normalized spacial score (nSPS) is 15.5. The van der Waals surface area contributed by atoms with Gasteiger partial charge in [-0.1, -0.05) is 5.16 Å². The quantitative estimate of drug-likeness (QED) is 0.346. The summed E-state index contributed by atoms with van der Waals surface area (Å²) in [6.45, 7) is 5.59. The Morgan fingerprint density at radius 1 is 1.52 bits per heavy atom. The number of pyridine rings is 1. The monoisotopic (exact) mass is 292 g/mol. The van der Waals surface area contributed by atoms with Gasteiger partial charge in [-0.05, 0) is 26.7 Å². The van der Waals surface area contributed by atoms with E-state index in [1.54, 1.807) is 7.11 Å². The summed E-state index contributed by atoms with van der Waals surface area (Å²) in [6, 6.07) is 0.588. The van der Waals surface area contributed by atoms with Crippen LogP contribution in [0.25, 0.3) is 0 Å². The van der Waals surface area contributed by atoms with Crippen LogP contribution in [0.3, 0.4) is 0 Å². The first-order chi connectivity index (χ1) is 10.1. The second-order valence-electron chi connectivity index (χ2n) is 5.59. The molecular formula is C15H24N4O2. The second-order valence-corrected chi connectivity index (χ2v) is 5.59. The number of aromatic nitrogens is 1. The van der Waals surface area contributed by atoms with Crippen LogP contribution in [0.2, 0.25) is 0 Å². The number of nitrogens with two attached hydrogens (primary N) is 1. The number of hydrogen-bond donors (Lipinski definition) is 2. The van der Waals surface area contributed by atoms with Crippen LogP contribution >= 0.6 is 0 Å². The maximum Gasteiger partial charge on any atom is 0.140 e. The van der Waals surface area contributed by atoms with Gasteiger partial charge < -0.3 is 15.7 Å². The number of methoxy groups -OCH3 is 1. The smallest absolute Gasteiger partial charge is 0.140 e. The standard InChI is InChI=1S/C15H24N4O2/c1-10-8-17-13(11(2)15(10)21-3)9-19(12-4-5-12)7-6-14(16)18-20/h8,12,20H,4-7,9H2,1-3H3,(H2,16,18). The molecule has 1 heterocycles. The lowest BCUT2D eigenvalue weighted by Gasteiger charge is -2.23. The van der Waals surface area contributed by atoms with E-state index in [-0.39, 0.29) is 5.84 Å². The van der Waals surface area contributed by atoms with Gasteiger partial charge in [-0.2, -0.15) is 0 Å². The van der Waals surface area contributed by atoms with Crippen LogP contribution in [0.4, 0.5) is 0 Å². The SMILES string of the molecule is COc1c(C)cnc(CN(CCC(N)=NO)C2CC2)c1C. The number of oxime groups is 1. The van der Waals surface area contributed by atoms with E-state index in [4.69, 9.17) is 15.7 Å². The third-order valence-corrected chi connectivity index (χ3v) is 3.95. The lowest BCUT2D eigenvalue weighted by molar-refractivity contribution is 0.255. The van der Waals surface area contributed by atoms with E-state index in [1.165, 1.54) is 12.8 Å². The minimum Gasteiger partial charge on any atom is -0.496 e. The molecule has 1 aromatic heterocycles. The van der Waals surface area contributed by atoms with Crippen LogP contribution in [0, 0.1) is 13.8 Å². The molecule has 0 amide bonds. The Kier molecular flexibility index (Phi) is 5.01. The molecule has 1 aliphatic rings. The molecule has 3 N–H and O–H groups in total. The van der Waals surface area contributed by atoms with Gasteiger partial charge in [0.25, 0.3) is 0 Å². The number of hydrogen-bond acceptors (Lipinski definition) is 5. The number of amidine groups is 1. The Labute approximate surface area is 125 Å². The molecule has 21 heavy (non-hydrogen) atoms. The van der Waals surface area contributed by atoms with Gasteiger partial charge in [0.05, 0.1) is 12.8 Å². The van der Waals surface area contributed by atoms with Gasteiger partial charge in [-0.3, -0.25) is 9.88 Å². The van der Waals surface area contributed by atoms with Crippen LogP contribution in [-0.4, -0.2) is 40.6 Å². The molecule has 0 aromatic carbocycles. The van der Waals surface area contributed by atoms with E-state index in [9.17, 15) is 0 Å². The van der Waals surface area contributed by atoms with Crippen LogP contribution in [0.15, 0.2) is 11.4 Å². The highest BCUT2D eigenvalue weighted by atomic mass is 16.5. The van der Waals surface area contributed by atoms with E-state index in [0.29, 0.717) is 12.5 Å². The van der Waals surface area contributed by atoms with E-state index in [2.05, 4.69) is 15.0 Å². The topological polar surface area (TPSA) is 84.0 Å². The van der Waals surface area contributed by atoms with Crippen molar-refractivity contribution in [2.45, 2.75) is 45.7 Å². The van der Waals surface area contributed by atoms with Crippen LogP contribution in [0.1, 0.15) is 36.1 Å². The van der Waals surface area contributed by atoms with E-state index >= 15 is 0 Å².